The van der Waals surface area contributed by atoms with Gasteiger partial charge in [0.1, 0.15) is 17.3 Å². The summed E-state index contributed by atoms with van der Waals surface area (Å²) in [4.78, 5) is 25.1. The monoisotopic (exact) mass is 464 g/mol. The molecule has 0 radical (unpaired) electrons. The molecule has 8 heteroatoms. The van der Waals surface area contributed by atoms with Crippen LogP contribution in [0.15, 0.2) is 93.6 Å². The normalized spacial score (nSPS) is 11.5. The highest BCUT2D eigenvalue weighted by Crippen LogP contribution is 2.22. The Balaban J connectivity index is 1.75. The van der Waals surface area contributed by atoms with Crippen LogP contribution < -0.4 is 10.7 Å². The second-order valence-electron chi connectivity index (χ2n) is 7.52. The van der Waals surface area contributed by atoms with Crippen LogP contribution in [0.2, 0.25) is 0 Å². The van der Waals surface area contributed by atoms with Crippen LogP contribution >= 0.6 is 0 Å². The van der Waals surface area contributed by atoms with E-state index >= 15 is 0 Å². The number of rotatable bonds is 6. The molecular weight excluding hydrogens is 443 g/mol. The topological polar surface area (TPSA) is 85.2 Å². The number of nitrogens with zero attached hydrogens (tertiary/aromatic N) is 1. The summed E-state index contributed by atoms with van der Waals surface area (Å²) in [6.07, 6.45) is 2.05. The molecule has 4 rings (SSSR count). The maximum absolute atomic E-state index is 13.3. The fourth-order valence-corrected chi connectivity index (χ4v) is 4.93. The SMILES string of the molecule is CCc1ccc(NC(=O)Cn2cc(S(=O)(=O)c3ccc(F)cc3)c(=O)c3ccccc32)cc1. The van der Waals surface area contributed by atoms with Gasteiger partial charge in [0.05, 0.1) is 10.4 Å². The molecule has 0 aliphatic rings. The number of aryl methyl sites for hydroxylation is 1. The van der Waals surface area contributed by atoms with Gasteiger partial charge in [-0.05, 0) is 60.5 Å². The number of para-hydroxylation sites is 1. The largest absolute Gasteiger partial charge is 0.336 e. The second kappa shape index (κ2) is 8.99. The number of hydrogen-bond acceptors (Lipinski definition) is 4. The smallest absolute Gasteiger partial charge is 0.244 e. The van der Waals surface area contributed by atoms with Crippen molar-refractivity contribution in [2.75, 3.05) is 5.32 Å². The summed E-state index contributed by atoms with van der Waals surface area (Å²) in [6, 6.07) is 18.2. The lowest BCUT2D eigenvalue weighted by atomic mass is 10.1. The quantitative estimate of drug-likeness (QED) is 0.434. The van der Waals surface area contributed by atoms with Crippen LogP contribution in [0.3, 0.4) is 0 Å². The molecule has 4 aromatic rings. The van der Waals surface area contributed by atoms with Crippen molar-refractivity contribution in [1.29, 1.82) is 0 Å². The highest BCUT2D eigenvalue weighted by molar-refractivity contribution is 7.91. The number of amides is 1. The molecule has 1 N–H and O–H groups in total. The fourth-order valence-electron chi connectivity index (χ4n) is 3.56. The summed E-state index contributed by atoms with van der Waals surface area (Å²) >= 11 is 0. The van der Waals surface area contributed by atoms with Gasteiger partial charge in [0.25, 0.3) is 0 Å². The number of hydrogen-bond donors (Lipinski definition) is 1. The number of pyridine rings is 1. The minimum absolute atomic E-state index is 0.167. The standard InChI is InChI=1S/C25H21FN2O4S/c1-2-17-7-11-19(12-8-17)27-24(29)16-28-15-23(25(30)21-5-3-4-6-22(21)28)33(31,32)20-13-9-18(26)10-14-20/h3-15H,2,16H2,1H3,(H,27,29). The molecule has 0 aliphatic carbocycles. The first-order chi connectivity index (χ1) is 15.8. The van der Waals surface area contributed by atoms with Gasteiger partial charge in [-0.15, -0.1) is 0 Å². The predicted octanol–water partition coefficient (Wildman–Crippen LogP) is 4.17. The third-order valence-electron chi connectivity index (χ3n) is 5.33. The Morgan fingerprint density at radius 3 is 2.30 bits per heavy atom. The molecular formula is C25H21FN2O4S. The van der Waals surface area contributed by atoms with Crippen LogP contribution in [0, 0.1) is 5.82 Å². The van der Waals surface area contributed by atoms with Gasteiger partial charge in [0.2, 0.25) is 21.2 Å². The van der Waals surface area contributed by atoms with Crippen molar-refractivity contribution in [3.05, 3.63) is 101 Å². The number of nitrogens with one attached hydrogen (secondary N) is 1. The predicted molar refractivity (Wildman–Crippen MR) is 125 cm³/mol. The molecule has 0 unspecified atom stereocenters. The summed E-state index contributed by atoms with van der Waals surface area (Å²) < 4.78 is 41.0. The second-order valence-corrected chi connectivity index (χ2v) is 9.44. The zero-order valence-corrected chi connectivity index (χ0v) is 18.6. The van der Waals surface area contributed by atoms with Gasteiger partial charge in [-0.3, -0.25) is 9.59 Å². The van der Waals surface area contributed by atoms with Gasteiger partial charge in [0, 0.05) is 17.3 Å². The molecule has 0 bridgehead atoms. The van der Waals surface area contributed by atoms with Gasteiger partial charge in [-0.25, -0.2) is 12.8 Å². The van der Waals surface area contributed by atoms with Crippen LogP contribution in [0.5, 0.6) is 0 Å². The Kier molecular flexibility index (Phi) is 6.11. The molecule has 0 fully saturated rings. The minimum atomic E-state index is -4.23. The van der Waals surface area contributed by atoms with Crippen LogP contribution in [-0.4, -0.2) is 18.9 Å². The van der Waals surface area contributed by atoms with Crippen LogP contribution in [0.1, 0.15) is 12.5 Å². The molecule has 0 saturated carbocycles. The summed E-state index contributed by atoms with van der Waals surface area (Å²) in [5.41, 5.74) is 1.50. The van der Waals surface area contributed by atoms with Crippen LogP contribution in [-0.2, 0) is 27.6 Å². The zero-order chi connectivity index (χ0) is 23.6. The first-order valence-corrected chi connectivity index (χ1v) is 11.8. The number of benzene rings is 3. The number of anilines is 1. The lowest BCUT2D eigenvalue weighted by Crippen LogP contribution is -2.23. The Hall–Kier alpha value is -3.78. The number of sulfone groups is 1. The number of aromatic nitrogens is 1. The lowest BCUT2D eigenvalue weighted by Gasteiger charge is -2.14. The van der Waals surface area contributed by atoms with E-state index in [1.807, 2.05) is 19.1 Å². The molecule has 1 aromatic heterocycles. The first kappa shape index (κ1) is 22.4. The molecule has 33 heavy (non-hydrogen) atoms. The third kappa shape index (κ3) is 4.56. The van der Waals surface area contributed by atoms with Crippen molar-refractivity contribution >= 4 is 32.3 Å². The van der Waals surface area contributed by atoms with E-state index in [4.69, 9.17) is 0 Å². The zero-order valence-electron chi connectivity index (χ0n) is 17.8. The van der Waals surface area contributed by atoms with E-state index in [0.29, 0.717) is 11.2 Å². The molecule has 1 amide bonds. The lowest BCUT2D eigenvalue weighted by molar-refractivity contribution is -0.116. The van der Waals surface area contributed by atoms with Gasteiger partial charge >= 0.3 is 0 Å². The molecule has 0 saturated heterocycles. The van der Waals surface area contributed by atoms with Crippen molar-refractivity contribution in [2.45, 2.75) is 29.7 Å². The van der Waals surface area contributed by atoms with E-state index in [1.54, 1.807) is 30.3 Å². The highest BCUT2D eigenvalue weighted by Gasteiger charge is 2.24. The molecule has 0 aliphatic heterocycles. The average molecular weight is 465 g/mol. The number of fused-ring (bicyclic) bond motifs is 1. The Morgan fingerprint density at radius 1 is 0.970 bits per heavy atom. The number of carbonyl (C=O) groups is 1. The fraction of sp³-hybridized carbons (Fsp3) is 0.120. The molecule has 3 aromatic carbocycles. The van der Waals surface area contributed by atoms with Crippen molar-refractivity contribution in [3.8, 4) is 0 Å². The Morgan fingerprint density at radius 2 is 1.64 bits per heavy atom. The van der Waals surface area contributed by atoms with Crippen LogP contribution in [0.4, 0.5) is 10.1 Å². The highest BCUT2D eigenvalue weighted by atomic mass is 32.2. The average Bonchev–Trinajstić information content (AvgIpc) is 2.81. The van der Waals surface area contributed by atoms with Gasteiger partial charge in [-0.1, -0.05) is 31.2 Å². The van der Waals surface area contributed by atoms with Gasteiger partial charge in [0.15, 0.2) is 0 Å². The van der Waals surface area contributed by atoms with E-state index in [1.165, 1.54) is 16.8 Å². The van der Waals surface area contributed by atoms with E-state index in [9.17, 15) is 22.4 Å². The van der Waals surface area contributed by atoms with E-state index in [2.05, 4.69) is 5.32 Å². The van der Waals surface area contributed by atoms with Crippen molar-refractivity contribution in [2.24, 2.45) is 0 Å². The van der Waals surface area contributed by atoms with Gasteiger partial charge in [-0.2, -0.15) is 0 Å². The minimum Gasteiger partial charge on any atom is -0.336 e. The first-order valence-electron chi connectivity index (χ1n) is 10.3. The Bertz CT molecular complexity index is 1490. The summed E-state index contributed by atoms with van der Waals surface area (Å²) in [5.74, 6) is -0.966. The van der Waals surface area contributed by atoms with Crippen molar-refractivity contribution in [1.82, 2.24) is 4.57 Å². The van der Waals surface area contributed by atoms with Gasteiger partial charge < -0.3 is 9.88 Å². The van der Waals surface area contributed by atoms with E-state index < -0.39 is 26.0 Å². The van der Waals surface area contributed by atoms with E-state index in [-0.39, 0.29) is 22.7 Å². The number of carbonyl (C=O) groups excluding carboxylic acids is 1. The molecule has 6 nitrogen and oxygen atoms in total. The number of halogens is 1. The van der Waals surface area contributed by atoms with E-state index in [0.717, 1.165) is 36.2 Å². The van der Waals surface area contributed by atoms with Crippen LogP contribution in [0.25, 0.3) is 10.9 Å². The Labute approximate surface area is 190 Å². The summed E-state index contributed by atoms with van der Waals surface area (Å²) in [7, 11) is -4.23. The third-order valence-corrected chi connectivity index (χ3v) is 7.09. The van der Waals surface area contributed by atoms with Crippen molar-refractivity contribution < 1.29 is 17.6 Å². The molecule has 1 heterocycles. The summed E-state index contributed by atoms with van der Waals surface area (Å²) in [6.45, 7) is 1.83. The molecule has 0 atom stereocenters. The molecule has 168 valence electrons. The maximum atomic E-state index is 13.3. The van der Waals surface area contributed by atoms with Crippen molar-refractivity contribution in [3.63, 3.8) is 0 Å². The molecule has 0 spiro atoms. The maximum Gasteiger partial charge on any atom is 0.244 e. The summed E-state index contributed by atoms with van der Waals surface area (Å²) in [5, 5.41) is 2.96.